The van der Waals surface area contributed by atoms with Crippen molar-refractivity contribution in [2.45, 2.75) is 257 Å². The van der Waals surface area contributed by atoms with E-state index in [1.807, 2.05) is 33.3 Å². The molecule has 0 spiro atoms. The molecule has 9 nitrogen and oxygen atoms in total. The first-order chi connectivity index (χ1) is 37.6. The Bertz CT molecular complexity index is 1630. The molecule has 2 unspecified atom stereocenters. The van der Waals surface area contributed by atoms with Crippen LogP contribution in [0.4, 0.5) is 0 Å². The average Bonchev–Trinajstić information content (AvgIpc) is 3.40. The number of hydrogen-bond donors (Lipinski definition) is 1. The Balaban J connectivity index is 4.01. The van der Waals surface area contributed by atoms with Gasteiger partial charge in [-0.05, 0) is 83.5 Å². The number of rotatable bonds is 56. The number of esters is 2. The normalized spacial score (nSPS) is 13.5. The molecule has 0 fully saturated rings. The summed E-state index contributed by atoms with van der Waals surface area (Å²) in [4.78, 5) is 37.3. The quantitative estimate of drug-likeness (QED) is 0.0211. The summed E-state index contributed by atoms with van der Waals surface area (Å²) >= 11 is 0. The molecule has 0 bridgehead atoms. The van der Waals surface area contributed by atoms with Crippen LogP contribution in [0.15, 0.2) is 109 Å². The third-order valence-electron chi connectivity index (χ3n) is 13.0. The molecule has 0 aliphatic rings. The monoisotopic (exact) mass is 1070 g/mol. The van der Waals surface area contributed by atoms with E-state index in [1.165, 1.54) is 135 Å². The fraction of sp³-hybridized carbons (Fsp3) is 0.691. The number of likely N-dealkylation sites (N-methyl/N-ethyl adjacent to an activating group) is 1. The maximum absolute atomic E-state index is 12.9. The largest absolute Gasteiger partial charge is 0.477 e. The molecule has 9 heteroatoms. The molecular weight excluding hydrogens is 959 g/mol. The number of carbonyl (C=O) groups excluding carboxylic acids is 2. The highest BCUT2D eigenvalue weighted by atomic mass is 16.7. The van der Waals surface area contributed by atoms with Gasteiger partial charge >= 0.3 is 17.9 Å². The van der Waals surface area contributed by atoms with Crippen LogP contribution in [0.25, 0.3) is 0 Å². The van der Waals surface area contributed by atoms with Gasteiger partial charge in [-0.2, -0.15) is 0 Å². The lowest BCUT2D eigenvalue weighted by atomic mass is 10.0. The van der Waals surface area contributed by atoms with Gasteiger partial charge in [0, 0.05) is 12.8 Å². The van der Waals surface area contributed by atoms with Crippen LogP contribution in [-0.4, -0.2) is 87.4 Å². The lowest BCUT2D eigenvalue weighted by Crippen LogP contribution is -2.40. The Morgan fingerprint density at radius 2 is 0.727 bits per heavy atom. The van der Waals surface area contributed by atoms with Crippen LogP contribution in [0.1, 0.15) is 245 Å². The third kappa shape index (κ3) is 59.5. The molecule has 0 radical (unpaired) electrons. The molecule has 77 heavy (non-hydrogen) atoms. The lowest BCUT2D eigenvalue weighted by molar-refractivity contribution is -0.870. The zero-order valence-corrected chi connectivity index (χ0v) is 50.1. The molecule has 0 saturated carbocycles. The first-order valence-corrected chi connectivity index (χ1v) is 31.1. The van der Waals surface area contributed by atoms with Crippen molar-refractivity contribution in [1.29, 1.82) is 0 Å². The fourth-order valence-corrected chi connectivity index (χ4v) is 8.35. The summed E-state index contributed by atoms with van der Waals surface area (Å²) in [6.07, 6.45) is 78.0. The number of quaternary nitrogens is 1. The molecule has 2 atom stereocenters. The van der Waals surface area contributed by atoms with Crippen LogP contribution in [0, 0.1) is 0 Å². The van der Waals surface area contributed by atoms with E-state index in [-0.39, 0.29) is 32.7 Å². The Kier molecular flexibility index (Phi) is 55.1. The Morgan fingerprint density at radius 1 is 0.390 bits per heavy atom. The molecular formula is C68H116NO8+. The van der Waals surface area contributed by atoms with Crippen molar-refractivity contribution >= 4 is 17.9 Å². The van der Waals surface area contributed by atoms with E-state index >= 15 is 0 Å². The highest BCUT2D eigenvalue weighted by molar-refractivity contribution is 5.71. The van der Waals surface area contributed by atoms with Crippen LogP contribution in [-0.2, 0) is 33.3 Å². The van der Waals surface area contributed by atoms with Crippen LogP contribution in [0.2, 0.25) is 0 Å². The SMILES string of the molecule is CC/C=C\C/C=C\C/C=C\C/C=C\C/C=C\CCCCCCCCCCCCCCCCCCCCCCCCCC(=O)OC(COC(=O)CC/C=C\C/C=C\C/C=C\C/C=C\CC)COC(OCC[N+](C)(C)C)C(=O)O. The standard InChI is InChI=1S/C68H115NO8/c1-6-8-10-12-14-16-18-20-21-22-23-24-25-26-27-28-29-30-31-32-33-34-35-36-37-38-39-40-41-42-43-44-45-47-49-51-53-55-57-59-66(71)77-64(63-76-68(67(72)73)74-61-60-69(3,4)5)62-75-65(70)58-56-54-52-50-48-46-19-17-15-13-11-9-7-2/h8-11,14-17,20-21,23-24,26-27,46,48,52,54,64,68H,6-7,12-13,18-19,22,25,28-45,47,49-51,53,55-63H2,1-5H3/p+1/b10-8-,11-9-,16-14-,17-15-,21-20-,24-23-,27-26-,48-46-,54-52-. The summed E-state index contributed by atoms with van der Waals surface area (Å²) in [5.74, 6) is -2.11. The van der Waals surface area contributed by atoms with Crippen molar-refractivity contribution in [3.63, 3.8) is 0 Å². The van der Waals surface area contributed by atoms with Gasteiger partial charge < -0.3 is 28.5 Å². The summed E-state index contributed by atoms with van der Waals surface area (Å²) in [5.41, 5.74) is 0. The zero-order chi connectivity index (χ0) is 56.2. The summed E-state index contributed by atoms with van der Waals surface area (Å²) < 4.78 is 22.8. The second kappa shape index (κ2) is 58.1. The molecule has 0 rings (SSSR count). The minimum absolute atomic E-state index is 0.174. The van der Waals surface area contributed by atoms with Gasteiger partial charge in [-0.1, -0.05) is 258 Å². The van der Waals surface area contributed by atoms with Gasteiger partial charge in [-0.15, -0.1) is 0 Å². The van der Waals surface area contributed by atoms with E-state index in [0.29, 0.717) is 23.9 Å². The van der Waals surface area contributed by atoms with E-state index in [4.69, 9.17) is 18.9 Å². The van der Waals surface area contributed by atoms with Crippen molar-refractivity contribution in [3.8, 4) is 0 Å². The smallest absolute Gasteiger partial charge is 0.361 e. The van der Waals surface area contributed by atoms with Gasteiger partial charge in [0.25, 0.3) is 6.29 Å². The lowest BCUT2D eigenvalue weighted by Gasteiger charge is -2.25. The summed E-state index contributed by atoms with van der Waals surface area (Å²) in [7, 11) is 5.94. The van der Waals surface area contributed by atoms with Crippen molar-refractivity contribution in [2.75, 3.05) is 47.5 Å². The van der Waals surface area contributed by atoms with E-state index in [2.05, 4.69) is 111 Å². The molecule has 0 aromatic rings. The van der Waals surface area contributed by atoms with Crippen LogP contribution >= 0.6 is 0 Å². The maximum atomic E-state index is 12.9. The van der Waals surface area contributed by atoms with Gasteiger partial charge in [0.2, 0.25) is 0 Å². The molecule has 0 saturated heterocycles. The number of carboxylic acid groups (broad SMARTS) is 1. The molecule has 0 heterocycles. The maximum Gasteiger partial charge on any atom is 0.361 e. The molecule has 0 aromatic heterocycles. The van der Waals surface area contributed by atoms with Crippen molar-refractivity contribution in [2.24, 2.45) is 0 Å². The molecule has 0 aromatic carbocycles. The molecule has 440 valence electrons. The first kappa shape index (κ1) is 73.0. The molecule has 1 N–H and O–H groups in total. The number of aliphatic carboxylic acids is 1. The topological polar surface area (TPSA) is 108 Å². The average molecular weight is 1080 g/mol. The summed E-state index contributed by atoms with van der Waals surface area (Å²) in [6.45, 7) is 4.56. The molecule has 0 aliphatic carbocycles. The minimum Gasteiger partial charge on any atom is -0.477 e. The van der Waals surface area contributed by atoms with Crippen LogP contribution in [0.5, 0.6) is 0 Å². The van der Waals surface area contributed by atoms with Crippen molar-refractivity contribution < 1.29 is 42.9 Å². The van der Waals surface area contributed by atoms with E-state index < -0.39 is 30.3 Å². The van der Waals surface area contributed by atoms with Crippen LogP contribution in [0.3, 0.4) is 0 Å². The van der Waals surface area contributed by atoms with E-state index in [9.17, 15) is 19.5 Å². The van der Waals surface area contributed by atoms with Gasteiger partial charge in [0.05, 0.1) is 34.4 Å². The number of nitrogens with zero attached hydrogens (tertiary/aromatic N) is 1. The Morgan fingerprint density at radius 3 is 1.09 bits per heavy atom. The van der Waals surface area contributed by atoms with Crippen molar-refractivity contribution in [3.05, 3.63) is 109 Å². The minimum atomic E-state index is -1.53. The molecule has 0 amide bonds. The van der Waals surface area contributed by atoms with Crippen molar-refractivity contribution in [1.82, 2.24) is 0 Å². The fourth-order valence-electron chi connectivity index (χ4n) is 8.35. The number of carboxylic acids is 1. The van der Waals surface area contributed by atoms with Gasteiger partial charge in [0.1, 0.15) is 13.2 Å². The first-order valence-electron chi connectivity index (χ1n) is 31.1. The zero-order valence-electron chi connectivity index (χ0n) is 50.1. The number of allylic oxidation sites excluding steroid dienone is 18. The van der Waals surface area contributed by atoms with Gasteiger partial charge in [0.15, 0.2) is 6.10 Å². The number of ether oxygens (including phenoxy) is 4. The second-order valence-corrected chi connectivity index (χ2v) is 21.6. The Labute approximate surface area is 473 Å². The van der Waals surface area contributed by atoms with Crippen LogP contribution < -0.4 is 0 Å². The highest BCUT2D eigenvalue weighted by Gasteiger charge is 2.25. The predicted octanol–water partition coefficient (Wildman–Crippen LogP) is 18.7. The Hall–Kier alpha value is -4.05. The number of unbranched alkanes of at least 4 members (excludes halogenated alkanes) is 23. The highest BCUT2D eigenvalue weighted by Crippen LogP contribution is 2.17. The third-order valence-corrected chi connectivity index (χ3v) is 13.0. The summed E-state index contributed by atoms with van der Waals surface area (Å²) in [6, 6.07) is 0. The van der Waals surface area contributed by atoms with Gasteiger partial charge in [-0.3, -0.25) is 9.59 Å². The van der Waals surface area contributed by atoms with Gasteiger partial charge in [-0.25, -0.2) is 4.79 Å². The summed E-state index contributed by atoms with van der Waals surface area (Å²) in [5, 5.41) is 9.69. The van der Waals surface area contributed by atoms with E-state index in [0.717, 1.165) is 70.6 Å². The molecule has 0 aliphatic heterocycles. The van der Waals surface area contributed by atoms with E-state index in [1.54, 1.807) is 0 Å². The predicted molar refractivity (Wildman–Crippen MR) is 327 cm³/mol. The number of hydrogen-bond acceptors (Lipinski definition) is 7. The second-order valence-electron chi connectivity index (χ2n) is 21.6. The number of carbonyl (C=O) groups is 3.